The second kappa shape index (κ2) is 9.77. The van der Waals surface area contributed by atoms with E-state index >= 15 is 0 Å². The van der Waals surface area contributed by atoms with Crippen LogP contribution in [0.2, 0.25) is 0 Å². The molecule has 0 unspecified atom stereocenters. The van der Waals surface area contributed by atoms with Crippen LogP contribution in [0.4, 0.5) is 9.18 Å². The van der Waals surface area contributed by atoms with Crippen LogP contribution in [-0.2, 0) is 10.0 Å². The largest absolute Gasteiger partial charge is 0.497 e. The first-order valence-corrected chi connectivity index (χ1v) is 10.9. The van der Waals surface area contributed by atoms with Crippen molar-refractivity contribution in [3.8, 4) is 11.5 Å². The number of para-hydroxylation sites is 1. The lowest BCUT2D eigenvalue weighted by Gasteiger charge is -2.34. The van der Waals surface area contributed by atoms with Crippen LogP contribution in [0.5, 0.6) is 11.5 Å². The molecule has 10 heteroatoms. The lowest BCUT2D eigenvalue weighted by Crippen LogP contribution is -2.53. The number of ether oxygens (including phenoxy) is 2. The molecule has 1 fully saturated rings. The number of hydrogen-bond acceptors (Lipinski definition) is 5. The number of benzene rings is 2. The van der Waals surface area contributed by atoms with Gasteiger partial charge < -0.3 is 19.7 Å². The average molecular weight is 437 g/mol. The van der Waals surface area contributed by atoms with Gasteiger partial charge in [0.25, 0.3) is 0 Å². The third kappa shape index (κ3) is 5.19. The van der Waals surface area contributed by atoms with Gasteiger partial charge >= 0.3 is 6.03 Å². The van der Waals surface area contributed by atoms with Crippen molar-refractivity contribution in [3.63, 3.8) is 0 Å². The molecule has 0 aromatic heterocycles. The first-order chi connectivity index (χ1) is 14.4. The Hall–Kier alpha value is -2.85. The van der Waals surface area contributed by atoms with Gasteiger partial charge in [0.2, 0.25) is 10.0 Å². The minimum atomic E-state index is -3.63. The number of hydrogen-bond donors (Lipinski definition) is 1. The first-order valence-electron chi connectivity index (χ1n) is 9.46. The molecule has 0 saturated carbocycles. The first kappa shape index (κ1) is 21.8. The van der Waals surface area contributed by atoms with Gasteiger partial charge in [-0.05, 0) is 36.4 Å². The van der Waals surface area contributed by atoms with Crippen molar-refractivity contribution >= 4 is 16.1 Å². The maximum absolute atomic E-state index is 13.5. The summed E-state index contributed by atoms with van der Waals surface area (Å²) in [5.74, 6) is 0.247. The molecule has 0 atom stereocenters. The topological polar surface area (TPSA) is 88.2 Å². The molecular formula is C20H24FN3O5S. The molecular weight excluding hydrogens is 413 g/mol. The Morgan fingerprint density at radius 1 is 1.07 bits per heavy atom. The Morgan fingerprint density at radius 2 is 1.73 bits per heavy atom. The van der Waals surface area contributed by atoms with E-state index in [1.165, 1.54) is 35.7 Å². The SMILES string of the molecule is COc1ccc(S(=O)(=O)N2CCN(C(=O)NCCOc3ccccc3F)CC2)cc1. The highest BCUT2D eigenvalue weighted by atomic mass is 32.2. The number of piperazine rings is 1. The maximum atomic E-state index is 13.5. The third-order valence-corrected chi connectivity index (χ3v) is 6.61. The van der Waals surface area contributed by atoms with Crippen LogP contribution in [0.3, 0.4) is 0 Å². The van der Waals surface area contributed by atoms with Gasteiger partial charge in [-0.25, -0.2) is 17.6 Å². The zero-order valence-corrected chi connectivity index (χ0v) is 17.4. The van der Waals surface area contributed by atoms with Crippen molar-refractivity contribution in [2.24, 2.45) is 0 Å². The van der Waals surface area contributed by atoms with Gasteiger partial charge in [0.1, 0.15) is 12.4 Å². The Balaban J connectivity index is 1.45. The summed E-state index contributed by atoms with van der Waals surface area (Å²) in [5.41, 5.74) is 0. The van der Waals surface area contributed by atoms with E-state index in [9.17, 15) is 17.6 Å². The molecule has 2 aromatic carbocycles. The average Bonchev–Trinajstić information content (AvgIpc) is 2.77. The molecule has 0 aliphatic carbocycles. The smallest absolute Gasteiger partial charge is 0.317 e. The van der Waals surface area contributed by atoms with Crippen molar-refractivity contribution in [2.75, 3.05) is 46.4 Å². The standard InChI is InChI=1S/C20H24FN3O5S/c1-28-16-6-8-17(9-7-16)30(26,27)24-13-11-23(12-14-24)20(25)22-10-15-29-19-5-3-2-4-18(19)21/h2-9H,10-15H2,1H3,(H,22,25). The summed E-state index contributed by atoms with van der Waals surface area (Å²) in [4.78, 5) is 14.0. The number of halogens is 1. The van der Waals surface area contributed by atoms with Gasteiger partial charge in [0, 0.05) is 26.2 Å². The predicted molar refractivity (Wildman–Crippen MR) is 109 cm³/mol. The van der Waals surface area contributed by atoms with E-state index in [1.807, 2.05) is 0 Å². The van der Waals surface area contributed by atoms with E-state index in [4.69, 9.17) is 9.47 Å². The quantitative estimate of drug-likeness (QED) is 0.669. The number of carbonyl (C=O) groups excluding carboxylic acids is 1. The van der Waals surface area contributed by atoms with Crippen molar-refractivity contribution in [3.05, 3.63) is 54.3 Å². The van der Waals surface area contributed by atoms with Gasteiger partial charge in [-0.15, -0.1) is 0 Å². The van der Waals surface area contributed by atoms with Crippen LogP contribution < -0.4 is 14.8 Å². The summed E-state index contributed by atoms with van der Waals surface area (Å²) in [5, 5.41) is 2.70. The van der Waals surface area contributed by atoms with E-state index < -0.39 is 15.8 Å². The molecule has 2 aromatic rings. The summed E-state index contributed by atoms with van der Waals surface area (Å²) < 4.78 is 50.7. The van der Waals surface area contributed by atoms with E-state index in [1.54, 1.807) is 29.2 Å². The monoisotopic (exact) mass is 437 g/mol. The van der Waals surface area contributed by atoms with Crippen molar-refractivity contribution in [2.45, 2.75) is 4.90 Å². The minimum absolute atomic E-state index is 0.123. The Morgan fingerprint density at radius 3 is 2.37 bits per heavy atom. The molecule has 1 aliphatic heterocycles. The third-order valence-electron chi connectivity index (χ3n) is 4.70. The van der Waals surface area contributed by atoms with Crippen LogP contribution in [0, 0.1) is 5.82 Å². The zero-order valence-electron chi connectivity index (χ0n) is 16.6. The van der Waals surface area contributed by atoms with Gasteiger partial charge in [-0.3, -0.25) is 0 Å². The van der Waals surface area contributed by atoms with Gasteiger partial charge in [0.15, 0.2) is 11.6 Å². The summed E-state index contributed by atoms with van der Waals surface area (Å²) in [6, 6.07) is 11.9. The molecule has 1 N–H and O–H groups in total. The summed E-state index contributed by atoms with van der Waals surface area (Å²) in [6.45, 7) is 1.28. The lowest BCUT2D eigenvalue weighted by atomic mass is 10.3. The minimum Gasteiger partial charge on any atom is -0.497 e. The Bertz CT molecular complexity index is 961. The maximum Gasteiger partial charge on any atom is 0.317 e. The van der Waals surface area contributed by atoms with Gasteiger partial charge in [0.05, 0.1) is 18.6 Å². The fourth-order valence-electron chi connectivity index (χ4n) is 3.02. The summed E-state index contributed by atoms with van der Waals surface area (Å²) in [7, 11) is -2.11. The number of rotatable bonds is 7. The van der Waals surface area contributed by atoms with Crippen molar-refractivity contribution in [1.82, 2.24) is 14.5 Å². The number of nitrogens with zero attached hydrogens (tertiary/aromatic N) is 2. The fraction of sp³-hybridized carbons (Fsp3) is 0.350. The molecule has 2 amide bonds. The number of urea groups is 1. The molecule has 1 heterocycles. The molecule has 1 aliphatic rings. The molecule has 8 nitrogen and oxygen atoms in total. The predicted octanol–water partition coefficient (Wildman–Crippen LogP) is 1.93. The lowest BCUT2D eigenvalue weighted by molar-refractivity contribution is 0.170. The molecule has 30 heavy (non-hydrogen) atoms. The second-order valence-corrected chi connectivity index (χ2v) is 8.52. The van der Waals surface area contributed by atoms with Crippen LogP contribution in [0.1, 0.15) is 0 Å². The number of amides is 2. The normalized spacial score (nSPS) is 14.9. The number of carbonyl (C=O) groups is 1. The number of sulfonamides is 1. The molecule has 162 valence electrons. The van der Waals surface area contributed by atoms with Gasteiger partial charge in [-0.2, -0.15) is 4.31 Å². The number of nitrogens with one attached hydrogen (secondary N) is 1. The zero-order chi connectivity index (χ0) is 21.6. The van der Waals surface area contributed by atoms with Crippen LogP contribution in [0.15, 0.2) is 53.4 Å². The van der Waals surface area contributed by atoms with E-state index in [0.717, 1.165) is 0 Å². The van der Waals surface area contributed by atoms with E-state index in [0.29, 0.717) is 5.75 Å². The Labute approximate surface area is 175 Å². The highest BCUT2D eigenvalue weighted by molar-refractivity contribution is 7.89. The molecule has 3 rings (SSSR count). The molecule has 0 bridgehead atoms. The molecule has 0 radical (unpaired) electrons. The summed E-state index contributed by atoms with van der Waals surface area (Å²) >= 11 is 0. The van der Waals surface area contributed by atoms with Crippen LogP contribution >= 0.6 is 0 Å². The highest BCUT2D eigenvalue weighted by Crippen LogP contribution is 2.20. The number of methoxy groups -OCH3 is 1. The van der Waals surface area contributed by atoms with Crippen LogP contribution in [0.25, 0.3) is 0 Å². The highest BCUT2D eigenvalue weighted by Gasteiger charge is 2.30. The second-order valence-electron chi connectivity index (χ2n) is 6.58. The Kier molecular flexibility index (Phi) is 7.11. The summed E-state index contributed by atoms with van der Waals surface area (Å²) in [6.07, 6.45) is 0. The van der Waals surface area contributed by atoms with Crippen molar-refractivity contribution in [1.29, 1.82) is 0 Å². The molecule has 0 spiro atoms. The van der Waals surface area contributed by atoms with Crippen molar-refractivity contribution < 1.29 is 27.1 Å². The molecule has 1 saturated heterocycles. The van der Waals surface area contributed by atoms with E-state index in [2.05, 4.69) is 5.32 Å². The van der Waals surface area contributed by atoms with E-state index in [-0.39, 0.29) is 56.0 Å². The van der Waals surface area contributed by atoms with Crippen LogP contribution in [-0.4, -0.2) is 70.1 Å². The van der Waals surface area contributed by atoms with Gasteiger partial charge in [-0.1, -0.05) is 12.1 Å². The fourth-order valence-corrected chi connectivity index (χ4v) is 4.44.